The van der Waals surface area contributed by atoms with Crippen molar-refractivity contribution in [1.29, 1.82) is 0 Å². The second-order valence-corrected chi connectivity index (χ2v) is 4.30. The van der Waals surface area contributed by atoms with Gasteiger partial charge >= 0.3 is 5.97 Å². The Morgan fingerprint density at radius 2 is 1.87 bits per heavy atom. The maximum atomic E-state index is 11.0. The molecular weight excluding hydrogens is 312 g/mol. The van der Waals surface area contributed by atoms with Gasteiger partial charge in [0.25, 0.3) is 5.91 Å². The minimum absolute atomic E-state index is 0.166. The maximum Gasteiger partial charge on any atom is 0.335 e. The summed E-state index contributed by atoms with van der Waals surface area (Å²) in [7, 11) is 1.73. The number of hydrogen-bond donors (Lipinski definition) is 3. The number of nitrogens with one attached hydrogen (secondary N) is 2. The van der Waals surface area contributed by atoms with Crippen LogP contribution in [0, 0.1) is 0 Å². The van der Waals surface area contributed by atoms with Gasteiger partial charge in [0.05, 0.1) is 11.1 Å². The summed E-state index contributed by atoms with van der Waals surface area (Å²) in [4.78, 5) is 21.5. The predicted octanol–water partition coefficient (Wildman–Crippen LogP) is 2.68. The van der Waals surface area contributed by atoms with E-state index in [9.17, 15) is 9.59 Å². The van der Waals surface area contributed by atoms with Crippen LogP contribution in [0.3, 0.4) is 0 Å². The zero-order valence-corrected chi connectivity index (χ0v) is 13.9. The molecule has 0 fully saturated rings. The first-order valence-electron chi connectivity index (χ1n) is 6.71. The zero-order chi connectivity index (χ0) is 17.7. The van der Waals surface area contributed by atoms with Gasteiger partial charge in [0, 0.05) is 18.3 Å². The summed E-state index contributed by atoms with van der Waals surface area (Å²) in [5, 5.41) is 13.9. The fraction of sp³-hybridized carbons (Fsp3) is 0.118. The van der Waals surface area contributed by atoms with Crippen molar-refractivity contribution in [2.45, 2.75) is 6.92 Å². The van der Waals surface area contributed by atoms with Gasteiger partial charge in [-0.1, -0.05) is 49.1 Å². The SMILES string of the molecule is C=C/C(=C\C(=C/C)NC)C(=O)O.O=C(NC=S)c1ccccc1. The number of likely N-dealkylation sites (N-methyl/N-ethyl adjacent to an activating group) is 1. The van der Waals surface area contributed by atoms with E-state index >= 15 is 0 Å². The number of benzene rings is 1. The molecule has 0 radical (unpaired) electrons. The van der Waals surface area contributed by atoms with Gasteiger partial charge in [0.1, 0.15) is 0 Å². The number of amides is 1. The lowest BCUT2D eigenvalue weighted by molar-refractivity contribution is -0.132. The first-order chi connectivity index (χ1) is 11.0. The van der Waals surface area contributed by atoms with Crippen LogP contribution in [-0.2, 0) is 4.79 Å². The number of rotatable bonds is 6. The first-order valence-corrected chi connectivity index (χ1v) is 7.18. The van der Waals surface area contributed by atoms with Crippen molar-refractivity contribution >= 4 is 29.6 Å². The maximum absolute atomic E-state index is 11.0. The molecule has 6 heteroatoms. The molecule has 0 heterocycles. The third-order valence-electron chi connectivity index (χ3n) is 2.60. The van der Waals surface area contributed by atoms with Crippen LogP contribution in [-0.4, -0.2) is 29.5 Å². The van der Waals surface area contributed by atoms with Crippen molar-refractivity contribution in [3.63, 3.8) is 0 Å². The monoisotopic (exact) mass is 332 g/mol. The van der Waals surface area contributed by atoms with E-state index in [0.717, 1.165) is 5.70 Å². The second-order valence-electron chi connectivity index (χ2n) is 4.06. The molecule has 1 rings (SSSR count). The van der Waals surface area contributed by atoms with E-state index in [2.05, 4.69) is 29.4 Å². The molecule has 0 aliphatic heterocycles. The second kappa shape index (κ2) is 11.9. The van der Waals surface area contributed by atoms with E-state index in [0.29, 0.717) is 5.56 Å². The molecule has 0 aliphatic rings. The molecule has 0 aromatic heterocycles. The minimum atomic E-state index is -0.973. The number of thiocarbonyl (C=S) groups is 1. The Bertz CT molecular complexity index is 608. The molecule has 122 valence electrons. The summed E-state index contributed by atoms with van der Waals surface area (Å²) in [5.41, 5.74) is 2.76. The minimum Gasteiger partial charge on any atom is -0.478 e. The van der Waals surface area contributed by atoms with E-state index in [-0.39, 0.29) is 11.5 Å². The summed E-state index contributed by atoms with van der Waals surface area (Å²) in [5.74, 6) is -1.14. The Morgan fingerprint density at radius 3 is 2.26 bits per heavy atom. The third-order valence-corrected chi connectivity index (χ3v) is 2.72. The van der Waals surface area contributed by atoms with Gasteiger partial charge in [-0.05, 0) is 25.1 Å². The quantitative estimate of drug-likeness (QED) is 0.424. The molecule has 1 amide bonds. The number of hydrogen-bond acceptors (Lipinski definition) is 4. The highest BCUT2D eigenvalue weighted by molar-refractivity contribution is 7.78. The van der Waals surface area contributed by atoms with E-state index in [1.54, 1.807) is 37.4 Å². The third kappa shape index (κ3) is 8.33. The summed E-state index contributed by atoms with van der Waals surface area (Å²) < 4.78 is 0. The van der Waals surface area contributed by atoms with Gasteiger partial charge in [-0.3, -0.25) is 4.79 Å². The molecule has 0 spiro atoms. The van der Waals surface area contributed by atoms with Crippen molar-refractivity contribution in [1.82, 2.24) is 10.6 Å². The lowest BCUT2D eigenvalue weighted by atomic mass is 10.2. The normalized spacial score (nSPS) is 10.7. The van der Waals surface area contributed by atoms with Crippen molar-refractivity contribution in [2.75, 3.05) is 7.05 Å². The molecule has 1 aromatic rings. The van der Waals surface area contributed by atoms with E-state index in [1.807, 2.05) is 13.0 Å². The van der Waals surface area contributed by atoms with Crippen LogP contribution >= 0.6 is 12.2 Å². The van der Waals surface area contributed by atoms with Crippen molar-refractivity contribution in [2.24, 2.45) is 0 Å². The number of carboxylic acids is 1. The van der Waals surface area contributed by atoms with Crippen molar-refractivity contribution in [3.8, 4) is 0 Å². The molecule has 3 N–H and O–H groups in total. The summed E-state index contributed by atoms with van der Waals surface area (Å²) >= 11 is 4.47. The predicted molar refractivity (Wildman–Crippen MR) is 96.3 cm³/mol. The lowest BCUT2D eigenvalue weighted by Crippen LogP contribution is -2.19. The van der Waals surface area contributed by atoms with Crippen molar-refractivity contribution in [3.05, 3.63) is 72.0 Å². The molecule has 23 heavy (non-hydrogen) atoms. The summed E-state index contributed by atoms with van der Waals surface area (Å²) in [6.45, 7) is 5.22. The van der Waals surface area contributed by atoms with E-state index < -0.39 is 5.97 Å². The summed E-state index contributed by atoms with van der Waals surface area (Å²) in [6, 6.07) is 8.92. The molecule has 0 bridgehead atoms. The van der Waals surface area contributed by atoms with Crippen LogP contribution in [0.25, 0.3) is 0 Å². The average molecular weight is 332 g/mol. The van der Waals surface area contributed by atoms with Gasteiger partial charge in [0.15, 0.2) is 0 Å². The number of carbonyl (C=O) groups excluding carboxylic acids is 1. The highest BCUT2D eigenvalue weighted by Crippen LogP contribution is 2.01. The molecule has 5 nitrogen and oxygen atoms in total. The number of allylic oxidation sites excluding steroid dienone is 2. The van der Waals surface area contributed by atoms with Crippen LogP contribution in [0.5, 0.6) is 0 Å². The Morgan fingerprint density at radius 1 is 1.26 bits per heavy atom. The number of aliphatic carboxylic acids is 1. The van der Waals surface area contributed by atoms with Gasteiger partial charge in [-0.15, -0.1) is 0 Å². The van der Waals surface area contributed by atoms with Gasteiger partial charge in [0.2, 0.25) is 0 Å². The zero-order valence-electron chi connectivity index (χ0n) is 13.1. The van der Waals surface area contributed by atoms with Gasteiger partial charge in [-0.25, -0.2) is 4.79 Å². The molecule has 0 unspecified atom stereocenters. The van der Waals surface area contributed by atoms with Crippen LogP contribution in [0.15, 0.2) is 66.4 Å². The standard InChI is InChI=1S/C9H13NO2.C8H7NOS/c1-4-7(9(11)12)6-8(5-2)10-3;10-8(9-6-11)7-4-2-1-3-5-7/h4-6,10H,1H2,2-3H3,(H,11,12);1-6H,(H,9,10,11)/b7-6+,8-5+;. The number of carbonyl (C=O) groups is 2. The largest absolute Gasteiger partial charge is 0.478 e. The lowest BCUT2D eigenvalue weighted by Gasteiger charge is -2.00. The Balaban J connectivity index is 0.000000422. The highest BCUT2D eigenvalue weighted by Gasteiger charge is 2.01. The van der Waals surface area contributed by atoms with Crippen LogP contribution in [0.1, 0.15) is 17.3 Å². The van der Waals surface area contributed by atoms with Crippen LogP contribution in [0.4, 0.5) is 0 Å². The van der Waals surface area contributed by atoms with Crippen molar-refractivity contribution < 1.29 is 14.7 Å². The van der Waals surface area contributed by atoms with Crippen LogP contribution in [0.2, 0.25) is 0 Å². The Kier molecular flexibility index (Phi) is 10.5. The Labute approximate surface area is 141 Å². The fourth-order valence-corrected chi connectivity index (χ4v) is 1.51. The van der Waals surface area contributed by atoms with E-state index in [4.69, 9.17) is 5.11 Å². The van der Waals surface area contributed by atoms with Gasteiger partial charge in [-0.2, -0.15) is 0 Å². The Hall–Kier alpha value is -2.73. The van der Waals surface area contributed by atoms with Gasteiger partial charge < -0.3 is 15.7 Å². The molecule has 0 atom stereocenters. The average Bonchev–Trinajstić information content (AvgIpc) is 2.57. The first kappa shape index (κ1) is 20.3. The number of carboxylic acid groups (broad SMARTS) is 1. The molecule has 1 aromatic carbocycles. The molecule has 0 saturated heterocycles. The fourth-order valence-electron chi connectivity index (χ4n) is 1.40. The van der Waals surface area contributed by atoms with E-state index in [1.165, 1.54) is 17.6 Å². The topological polar surface area (TPSA) is 78.4 Å². The molecular formula is C17H20N2O3S. The highest BCUT2D eigenvalue weighted by atomic mass is 32.1. The molecule has 0 saturated carbocycles. The smallest absolute Gasteiger partial charge is 0.335 e. The van der Waals surface area contributed by atoms with Crippen LogP contribution < -0.4 is 10.6 Å². The molecule has 0 aliphatic carbocycles. The summed E-state index contributed by atoms with van der Waals surface area (Å²) in [6.07, 6.45) is 4.62.